The SMILES string of the molecule is CC(=O)O[C@H]1C[C@@]2(C)[C@@H](C[C@@H](O)[C@H]3[C@@]4(C)CC[C@@H](O)[C@@H](C)[C@@H]4CC[C@@]32C)/C1=C(/C(=O)O)C(=O)CC=C(C)C. The highest BCUT2D eigenvalue weighted by Gasteiger charge is 2.71. The average Bonchev–Trinajstić information content (AvgIpc) is 3.07. The van der Waals surface area contributed by atoms with E-state index >= 15 is 0 Å². The van der Waals surface area contributed by atoms with Crippen molar-refractivity contribution in [1.29, 1.82) is 0 Å². The number of carbonyl (C=O) groups is 3. The van der Waals surface area contributed by atoms with Crippen molar-refractivity contribution in [1.82, 2.24) is 0 Å². The first-order chi connectivity index (χ1) is 17.6. The Labute approximate surface area is 226 Å². The molecule has 0 aromatic rings. The number of aliphatic carboxylic acids is 1. The van der Waals surface area contributed by atoms with Gasteiger partial charge in [0.15, 0.2) is 5.78 Å². The zero-order chi connectivity index (χ0) is 28.4. The number of hydrogen-bond donors (Lipinski definition) is 3. The second-order valence-electron chi connectivity index (χ2n) is 13.6. The highest BCUT2D eigenvalue weighted by Crippen LogP contribution is 2.74. The van der Waals surface area contributed by atoms with Crippen LogP contribution in [0.4, 0.5) is 0 Å². The summed E-state index contributed by atoms with van der Waals surface area (Å²) in [6.07, 6.45) is 3.88. The number of fused-ring (bicyclic) bond motifs is 5. The molecule has 0 amide bonds. The van der Waals surface area contributed by atoms with Crippen molar-refractivity contribution in [2.45, 2.75) is 112 Å². The van der Waals surface area contributed by atoms with Gasteiger partial charge in [-0.15, -0.1) is 0 Å². The van der Waals surface area contributed by atoms with Gasteiger partial charge in [0, 0.05) is 13.3 Å². The summed E-state index contributed by atoms with van der Waals surface area (Å²) in [5, 5.41) is 32.8. The smallest absolute Gasteiger partial charge is 0.339 e. The fourth-order valence-electron chi connectivity index (χ4n) is 9.64. The molecular weight excluding hydrogens is 484 g/mol. The summed E-state index contributed by atoms with van der Waals surface area (Å²) in [5.74, 6) is -2.31. The molecule has 0 unspecified atom stereocenters. The third-order valence-corrected chi connectivity index (χ3v) is 11.5. The Morgan fingerprint density at radius 1 is 1.00 bits per heavy atom. The summed E-state index contributed by atoms with van der Waals surface area (Å²) in [6, 6.07) is 0. The molecule has 0 aromatic carbocycles. The lowest BCUT2D eigenvalue weighted by Gasteiger charge is -2.69. The van der Waals surface area contributed by atoms with Gasteiger partial charge in [-0.3, -0.25) is 9.59 Å². The molecule has 38 heavy (non-hydrogen) atoms. The number of carboxylic acid groups (broad SMARTS) is 1. The molecule has 4 aliphatic rings. The quantitative estimate of drug-likeness (QED) is 0.153. The van der Waals surface area contributed by atoms with Gasteiger partial charge in [-0.2, -0.15) is 0 Å². The summed E-state index contributed by atoms with van der Waals surface area (Å²) in [7, 11) is 0. The summed E-state index contributed by atoms with van der Waals surface area (Å²) in [4.78, 5) is 38.1. The first-order valence-corrected chi connectivity index (χ1v) is 14.3. The van der Waals surface area contributed by atoms with E-state index < -0.39 is 41.3 Å². The van der Waals surface area contributed by atoms with Crippen LogP contribution in [0.2, 0.25) is 0 Å². The van der Waals surface area contributed by atoms with Crippen LogP contribution in [0.5, 0.6) is 0 Å². The van der Waals surface area contributed by atoms with Gasteiger partial charge >= 0.3 is 11.9 Å². The molecule has 4 fully saturated rings. The maximum absolute atomic E-state index is 13.3. The molecule has 7 nitrogen and oxygen atoms in total. The van der Waals surface area contributed by atoms with Gasteiger partial charge in [0.05, 0.1) is 12.2 Å². The van der Waals surface area contributed by atoms with E-state index in [0.29, 0.717) is 30.8 Å². The lowest BCUT2D eigenvalue weighted by molar-refractivity contribution is -0.234. The van der Waals surface area contributed by atoms with E-state index in [9.17, 15) is 29.7 Å². The molecule has 0 aliphatic heterocycles. The fraction of sp³-hybridized carbons (Fsp3) is 0.774. The molecule has 3 N–H and O–H groups in total. The Kier molecular flexibility index (Phi) is 7.54. The molecule has 4 rings (SSSR count). The summed E-state index contributed by atoms with van der Waals surface area (Å²) >= 11 is 0. The normalized spacial score (nSPS) is 45.2. The van der Waals surface area contributed by atoms with Crippen LogP contribution in [0.15, 0.2) is 22.8 Å². The number of esters is 1. The molecule has 0 spiro atoms. The lowest BCUT2D eigenvalue weighted by atomic mass is 9.36. The van der Waals surface area contributed by atoms with E-state index in [4.69, 9.17) is 4.74 Å². The van der Waals surface area contributed by atoms with Gasteiger partial charge in [0.1, 0.15) is 11.7 Å². The third kappa shape index (κ3) is 4.28. The number of ketones is 1. The average molecular weight is 531 g/mol. The van der Waals surface area contributed by atoms with Crippen LogP contribution in [-0.4, -0.2) is 51.4 Å². The number of rotatable bonds is 5. The molecular formula is C31H46O7. The number of aliphatic hydroxyl groups is 2. The molecule has 4 aliphatic carbocycles. The van der Waals surface area contributed by atoms with Gasteiger partial charge in [-0.25, -0.2) is 4.79 Å². The molecule has 212 valence electrons. The van der Waals surface area contributed by atoms with Crippen molar-refractivity contribution in [2.24, 2.45) is 39.9 Å². The number of allylic oxidation sites excluding steroid dienone is 2. The molecule has 0 aromatic heterocycles. The van der Waals surface area contributed by atoms with Crippen LogP contribution in [0.1, 0.15) is 93.4 Å². The highest BCUT2D eigenvalue weighted by atomic mass is 16.5. The zero-order valence-electron chi connectivity index (χ0n) is 24.0. The lowest BCUT2D eigenvalue weighted by Crippen LogP contribution is -2.65. The van der Waals surface area contributed by atoms with Crippen LogP contribution in [0, 0.1) is 39.9 Å². The van der Waals surface area contributed by atoms with E-state index in [1.54, 1.807) is 6.08 Å². The monoisotopic (exact) mass is 530 g/mol. The number of Topliss-reactive ketones (excluding diaryl/α,β-unsaturated/α-hetero) is 1. The number of hydrogen-bond acceptors (Lipinski definition) is 6. The van der Waals surface area contributed by atoms with Gasteiger partial charge in [0.25, 0.3) is 0 Å². The van der Waals surface area contributed by atoms with Gasteiger partial charge in [-0.05, 0) is 97.9 Å². The van der Waals surface area contributed by atoms with Crippen LogP contribution in [-0.2, 0) is 19.1 Å². The van der Waals surface area contributed by atoms with Crippen molar-refractivity contribution < 1.29 is 34.4 Å². The summed E-state index contributed by atoms with van der Waals surface area (Å²) < 4.78 is 5.77. The zero-order valence-corrected chi connectivity index (χ0v) is 24.0. The van der Waals surface area contributed by atoms with Gasteiger partial charge in [-0.1, -0.05) is 39.3 Å². The molecule has 4 saturated carbocycles. The van der Waals surface area contributed by atoms with Crippen LogP contribution >= 0.6 is 0 Å². The standard InChI is InChI=1S/C31H46O7/c1-16(2)8-9-22(34)26(28(36)37)25-20-14-23(35)27-29(5)12-11-21(33)17(3)19(29)10-13-30(27,6)31(20,7)15-24(25)38-18(4)32/h8,17,19-21,23-24,27,33,35H,9-15H2,1-7H3,(H,36,37)/b26-25-/t17-,19-,20-,21+,23+,24-,27-,29-,30-,31-/m0/s1. The highest BCUT2D eigenvalue weighted by molar-refractivity contribution is 6.18. The van der Waals surface area contributed by atoms with Crippen LogP contribution < -0.4 is 0 Å². The maximum Gasteiger partial charge on any atom is 0.339 e. The summed E-state index contributed by atoms with van der Waals surface area (Å²) in [5.41, 5.74) is -0.00275. The van der Waals surface area contributed by atoms with Crippen LogP contribution in [0.3, 0.4) is 0 Å². The van der Waals surface area contributed by atoms with Gasteiger partial charge in [0.2, 0.25) is 0 Å². The number of ether oxygens (including phenoxy) is 1. The Morgan fingerprint density at radius 3 is 2.24 bits per heavy atom. The predicted octanol–water partition coefficient (Wildman–Crippen LogP) is 4.85. The number of carbonyl (C=O) groups excluding carboxylic acids is 2. The van der Waals surface area contributed by atoms with E-state index in [0.717, 1.165) is 24.8 Å². The second kappa shape index (κ2) is 9.88. The van der Waals surface area contributed by atoms with E-state index in [1.165, 1.54) is 6.92 Å². The molecule has 0 bridgehead atoms. The second-order valence-corrected chi connectivity index (χ2v) is 13.6. The van der Waals surface area contributed by atoms with Gasteiger partial charge < -0.3 is 20.1 Å². The molecule has 0 heterocycles. The Bertz CT molecular complexity index is 1070. The van der Waals surface area contributed by atoms with Crippen LogP contribution in [0.25, 0.3) is 0 Å². The predicted molar refractivity (Wildman–Crippen MR) is 143 cm³/mol. The minimum atomic E-state index is -1.30. The van der Waals surface area contributed by atoms with Crippen molar-refractivity contribution in [3.8, 4) is 0 Å². The van der Waals surface area contributed by atoms with Crippen molar-refractivity contribution >= 4 is 17.7 Å². The topological polar surface area (TPSA) is 121 Å². The van der Waals surface area contributed by atoms with E-state index in [1.807, 2.05) is 13.8 Å². The molecule has 10 atom stereocenters. The number of carboxylic acids is 1. The Hall–Kier alpha value is -1.99. The van der Waals surface area contributed by atoms with Crippen molar-refractivity contribution in [3.63, 3.8) is 0 Å². The van der Waals surface area contributed by atoms with Crippen molar-refractivity contribution in [3.05, 3.63) is 22.8 Å². The molecule has 0 radical (unpaired) electrons. The number of aliphatic hydroxyl groups excluding tert-OH is 2. The maximum atomic E-state index is 13.3. The molecule has 0 saturated heterocycles. The van der Waals surface area contributed by atoms with E-state index in [-0.39, 0.29) is 40.8 Å². The first-order valence-electron chi connectivity index (χ1n) is 14.3. The third-order valence-electron chi connectivity index (χ3n) is 11.5. The molecule has 7 heteroatoms. The first kappa shape index (κ1) is 29.0. The minimum Gasteiger partial charge on any atom is -0.478 e. The van der Waals surface area contributed by atoms with Crippen molar-refractivity contribution in [2.75, 3.05) is 0 Å². The Morgan fingerprint density at radius 2 is 1.66 bits per heavy atom. The van der Waals surface area contributed by atoms with E-state index in [2.05, 4.69) is 27.7 Å². The minimum absolute atomic E-state index is 0.0356. The Balaban J connectivity index is 1.86. The fourth-order valence-corrected chi connectivity index (χ4v) is 9.64. The summed E-state index contributed by atoms with van der Waals surface area (Å²) in [6.45, 7) is 13.8. The largest absolute Gasteiger partial charge is 0.478 e.